The van der Waals surface area contributed by atoms with Gasteiger partial charge in [0.25, 0.3) is 0 Å². The molecule has 6 heteroatoms. The molecular formula is C14H22N4O2. The third-order valence-electron chi connectivity index (χ3n) is 1.94. The molecule has 1 aromatic rings. The van der Waals surface area contributed by atoms with E-state index in [1.165, 1.54) is 20.8 Å². The highest BCUT2D eigenvalue weighted by Crippen LogP contribution is 2.18. The summed E-state index contributed by atoms with van der Waals surface area (Å²) in [5.74, 6) is 0. The average Bonchev–Trinajstić information content (AvgIpc) is 2.52. The molecule has 2 N–H and O–H groups in total. The van der Waals surface area contributed by atoms with Crippen LogP contribution in [0, 0.1) is 0 Å². The Labute approximate surface area is 135 Å². The van der Waals surface area contributed by atoms with Crippen molar-refractivity contribution in [2.45, 2.75) is 26.4 Å². The lowest BCUT2D eigenvalue weighted by Crippen LogP contribution is -2.50. The smallest absolute Gasteiger partial charge is 0.410 e. The SMILES string of the molecule is [2H]c1nc([2H])c(N2C([2H])([2H])C([2H])([2H])N(C(=O)OC(C)(C)C)C([2H])([2H])C2([2H])[2H])c([2H])c1N. The van der Waals surface area contributed by atoms with Crippen molar-refractivity contribution in [3.63, 3.8) is 0 Å². The Balaban J connectivity index is 2.84. The minimum absolute atomic E-state index is 0.103. The molecule has 20 heavy (non-hydrogen) atoms. The number of ether oxygens (including phenoxy) is 1. The Morgan fingerprint density at radius 3 is 2.65 bits per heavy atom. The summed E-state index contributed by atoms with van der Waals surface area (Å²) in [6.07, 6.45) is -3.35. The van der Waals surface area contributed by atoms with Crippen LogP contribution < -0.4 is 10.6 Å². The predicted molar refractivity (Wildman–Crippen MR) is 78.7 cm³/mol. The van der Waals surface area contributed by atoms with Gasteiger partial charge in [0, 0.05) is 32.2 Å². The molecule has 1 saturated heterocycles. The number of carbonyl (C=O) groups excluding carboxylic acids is 1. The van der Waals surface area contributed by atoms with Crippen LogP contribution in [0.25, 0.3) is 0 Å². The number of hydrogen-bond acceptors (Lipinski definition) is 5. The molecule has 1 aromatic heterocycles. The number of piperazine rings is 1. The number of aromatic nitrogens is 1. The first-order valence-electron chi connectivity index (χ1n) is 11.2. The molecule has 0 aliphatic carbocycles. The number of hydrogen-bond donors (Lipinski definition) is 1. The van der Waals surface area contributed by atoms with Crippen molar-refractivity contribution in [1.29, 1.82) is 0 Å². The normalized spacial score (nSPS) is 34.2. The van der Waals surface area contributed by atoms with E-state index in [1.54, 1.807) is 0 Å². The summed E-state index contributed by atoms with van der Waals surface area (Å²) in [5.41, 5.74) is 2.70. The molecule has 0 unspecified atom stereocenters. The zero-order valence-electron chi connectivity index (χ0n) is 22.2. The molecule has 0 radical (unpaired) electrons. The number of pyridine rings is 1. The molecule has 0 saturated carbocycles. The maximum absolute atomic E-state index is 12.6. The van der Waals surface area contributed by atoms with Crippen LogP contribution in [-0.2, 0) is 4.74 Å². The van der Waals surface area contributed by atoms with E-state index in [1.807, 2.05) is 0 Å². The lowest BCUT2D eigenvalue weighted by atomic mass is 10.2. The third-order valence-corrected chi connectivity index (χ3v) is 1.94. The molecular weight excluding hydrogens is 256 g/mol. The van der Waals surface area contributed by atoms with Gasteiger partial charge < -0.3 is 20.3 Å². The Bertz CT molecular complexity index is 889. The number of nitrogens with two attached hydrogens (primary N) is 1. The van der Waals surface area contributed by atoms with Crippen LogP contribution in [0.15, 0.2) is 18.4 Å². The second-order valence-corrected chi connectivity index (χ2v) is 4.82. The first-order valence-corrected chi connectivity index (χ1v) is 5.69. The fraction of sp³-hybridized carbons (Fsp3) is 0.571. The molecule has 1 amide bonds. The molecule has 6 nitrogen and oxygen atoms in total. The van der Waals surface area contributed by atoms with E-state index in [4.69, 9.17) is 25.5 Å². The Hall–Kier alpha value is -1.98. The summed E-state index contributed by atoms with van der Waals surface area (Å²) in [7, 11) is 0. The van der Waals surface area contributed by atoms with Crippen LogP contribution in [0.2, 0.25) is 0 Å². The molecule has 110 valence electrons. The summed E-state index contributed by atoms with van der Waals surface area (Å²) in [5, 5.41) is 0. The maximum atomic E-state index is 12.6. The highest BCUT2D eigenvalue weighted by molar-refractivity contribution is 5.68. The van der Waals surface area contributed by atoms with E-state index in [0.717, 1.165) is 0 Å². The van der Waals surface area contributed by atoms with E-state index >= 15 is 0 Å². The lowest BCUT2D eigenvalue weighted by Gasteiger charge is -2.36. The van der Waals surface area contributed by atoms with Crippen molar-refractivity contribution < 1.29 is 24.6 Å². The quantitative estimate of drug-likeness (QED) is 0.852. The van der Waals surface area contributed by atoms with Crippen LogP contribution >= 0.6 is 0 Å². The number of rotatable bonds is 1. The summed E-state index contributed by atoms with van der Waals surface area (Å²) in [6.45, 7) is -9.97. The summed E-state index contributed by atoms with van der Waals surface area (Å²) in [6, 6.07) is -0.907. The van der Waals surface area contributed by atoms with E-state index in [-0.39, 0.29) is 9.80 Å². The van der Waals surface area contributed by atoms with Gasteiger partial charge in [-0.3, -0.25) is 4.98 Å². The van der Waals surface area contributed by atoms with E-state index in [2.05, 4.69) is 4.98 Å². The first-order chi connectivity index (χ1) is 13.6. The van der Waals surface area contributed by atoms with Crippen molar-refractivity contribution in [1.82, 2.24) is 9.88 Å². The van der Waals surface area contributed by atoms with Gasteiger partial charge in [0.15, 0.2) is 0 Å². The lowest BCUT2D eigenvalue weighted by molar-refractivity contribution is 0.0240. The summed E-state index contributed by atoms with van der Waals surface area (Å²) < 4.78 is 94.6. The monoisotopic (exact) mass is 289 g/mol. The Morgan fingerprint density at radius 2 is 2.05 bits per heavy atom. The van der Waals surface area contributed by atoms with Gasteiger partial charge in [-0.25, -0.2) is 4.79 Å². The highest BCUT2D eigenvalue weighted by Gasteiger charge is 2.25. The number of nitrogens with zero attached hydrogens (tertiary/aromatic N) is 3. The van der Waals surface area contributed by atoms with Gasteiger partial charge in [-0.05, 0) is 26.8 Å². The van der Waals surface area contributed by atoms with Gasteiger partial charge in [-0.15, -0.1) is 0 Å². The van der Waals surface area contributed by atoms with Crippen LogP contribution in [0.4, 0.5) is 16.2 Å². The van der Waals surface area contributed by atoms with Crippen molar-refractivity contribution >= 4 is 17.5 Å². The standard InChI is InChI=1S/C14H22N4O2/c1-14(2,3)20-13(19)18-6-4-17(5-7-18)12-8-11(15)9-16-10-12/h8-10H,4-7,15H2,1-3H3/i4D2,5D2,6D2,7D2,8D,9D,10D. The second kappa shape index (κ2) is 5.56. The van der Waals surface area contributed by atoms with Gasteiger partial charge in [0.05, 0.1) is 32.6 Å². The van der Waals surface area contributed by atoms with Crippen LogP contribution in [0.3, 0.4) is 0 Å². The van der Waals surface area contributed by atoms with E-state index in [9.17, 15) is 4.79 Å². The zero-order valence-corrected chi connectivity index (χ0v) is 11.2. The summed E-state index contributed by atoms with van der Waals surface area (Å²) >= 11 is 0. The van der Waals surface area contributed by atoms with Gasteiger partial charge >= 0.3 is 6.09 Å². The van der Waals surface area contributed by atoms with Gasteiger partial charge in [0.2, 0.25) is 0 Å². The maximum Gasteiger partial charge on any atom is 0.410 e. The first kappa shape index (κ1) is 5.79. The highest BCUT2D eigenvalue weighted by atomic mass is 16.6. The number of amides is 1. The predicted octanol–water partition coefficient (Wildman–Crippen LogP) is 1.72. The van der Waals surface area contributed by atoms with Gasteiger partial charge in [0.1, 0.15) is 5.60 Å². The molecule has 0 aromatic carbocycles. The molecule has 0 atom stereocenters. The molecule has 1 aliphatic rings. The fourth-order valence-electron chi connectivity index (χ4n) is 1.20. The second-order valence-electron chi connectivity index (χ2n) is 4.82. The van der Waals surface area contributed by atoms with Gasteiger partial charge in [-0.2, -0.15) is 0 Å². The number of carbonyl (C=O) groups is 1. The minimum Gasteiger partial charge on any atom is -0.444 e. The van der Waals surface area contributed by atoms with E-state index < -0.39 is 67.4 Å². The topological polar surface area (TPSA) is 71.7 Å². The third kappa shape index (κ3) is 3.76. The number of anilines is 2. The van der Waals surface area contributed by atoms with Crippen LogP contribution in [-0.4, -0.2) is 47.6 Å². The fourth-order valence-corrected chi connectivity index (χ4v) is 1.20. The largest absolute Gasteiger partial charge is 0.444 e. The van der Waals surface area contributed by atoms with Crippen molar-refractivity contribution in [2.24, 2.45) is 0 Å². The Morgan fingerprint density at radius 1 is 1.40 bits per heavy atom. The molecule has 0 bridgehead atoms. The summed E-state index contributed by atoms with van der Waals surface area (Å²) in [4.78, 5) is 15.6. The average molecular weight is 289 g/mol. The molecule has 2 rings (SSSR count). The van der Waals surface area contributed by atoms with E-state index in [0.29, 0.717) is 0 Å². The molecule has 1 aliphatic heterocycles. The Kier molecular flexibility index (Phi) is 1.61. The minimum atomic E-state index is -3.56. The van der Waals surface area contributed by atoms with Crippen molar-refractivity contribution in [3.05, 3.63) is 18.4 Å². The van der Waals surface area contributed by atoms with Gasteiger partial charge in [-0.1, -0.05) is 0 Å². The van der Waals surface area contributed by atoms with Crippen molar-refractivity contribution in [2.75, 3.05) is 36.6 Å². The molecule has 2 heterocycles. The molecule has 0 spiro atoms. The van der Waals surface area contributed by atoms with Crippen LogP contribution in [0.1, 0.15) is 35.8 Å². The van der Waals surface area contributed by atoms with Crippen molar-refractivity contribution in [3.8, 4) is 0 Å². The van der Waals surface area contributed by atoms with Crippen LogP contribution in [0.5, 0.6) is 0 Å². The number of nitrogen functional groups attached to an aromatic ring is 1. The molecule has 1 fully saturated rings. The zero-order chi connectivity index (χ0) is 24.5.